The minimum atomic E-state index is -3.66. The summed E-state index contributed by atoms with van der Waals surface area (Å²) < 4.78 is 31.1. The van der Waals surface area contributed by atoms with Gasteiger partial charge in [0, 0.05) is 19.1 Å². The molecule has 2 rings (SSSR count). The maximum atomic E-state index is 12.1. The number of esters is 1. The Kier molecular flexibility index (Phi) is 4.56. The molecule has 0 amide bonds. The molecule has 0 unspecified atom stereocenters. The van der Waals surface area contributed by atoms with E-state index in [0.29, 0.717) is 19.1 Å². The van der Waals surface area contributed by atoms with Crippen molar-refractivity contribution in [1.29, 1.82) is 0 Å². The molecule has 0 atom stereocenters. The molecule has 1 aliphatic rings. The van der Waals surface area contributed by atoms with Gasteiger partial charge >= 0.3 is 5.97 Å². The van der Waals surface area contributed by atoms with Gasteiger partial charge in [-0.05, 0) is 24.3 Å². The van der Waals surface area contributed by atoms with Crippen LogP contribution in [0.15, 0.2) is 16.3 Å². The van der Waals surface area contributed by atoms with Gasteiger partial charge in [-0.15, -0.1) is 11.3 Å². The van der Waals surface area contributed by atoms with E-state index in [1.165, 1.54) is 13.2 Å². The van der Waals surface area contributed by atoms with Crippen molar-refractivity contribution >= 4 is 27.3 Å². The summed E-state index contributed by atoms with van der Waals surface area (Å²) in [6, 6.07) is 1.95. The Labute approximate surface area is 116 Å². The molecule has 0 bridgehead atoms. The first-order valence-corrected chi connectivity index (χ1v) is 8.30. The maximum Gasteiger partial charge on any atom is 0.349 e. The molecule has 106 valence electrons. The fourth-order valence-electron chi connectivity index (χ4n) is 1.58. The zero-order valence-electron chi connectivity index (χ0n) is 10.5. The van der Waals surface area contributed by atoms with Crippen molar-refractivity contribution < 1.29 is 17.9 Å². The van der Waals surface area contributed by atoms with Gasteiger partial charge in [0.25, 0.3) is 0 Å². The van der Waals surface area contributed by atoms with Crippen molar-refractivity contribution in [3.63, 3.8) is 0 Å². The van der Waals surface area contributed by atoms with Gasteiger partial charge in [-0.2, -0.15) is 0 Å². The number of thiophene rings is 1. The van der Waals surface area contributed by atoms with Crippen molar-refractivity contribution in [2.45, 2.75) is 23.8 Å². The smallest absolute Gasteiger partial charge is 0.349 e. The van der Waals surface area contributed by atoms with E-state index in [9.17, 15) is 13.2 Å². The normalized spacial score (nSPS) is 15.4. The lowest BCUT2D eigenvalue weighted by Crippen LogP contribution is -2.33. The van der Waals surface area contributed by atoms with E-state index in [1.807, 2.05) is 0 Å². The van der Waals surface area contributed by atoms with Gasteiger partial charge in [-0.25, -0.2) is 17.9 Å². The molecule has 0 saturated heterocycles. The minimum Gasteiger partial charge on any atom is -0.465 e. The number of nitrogens with one attached hydrogen (secondary N) is 2. The maximum absolute atomic E-state index is 12.1. The van der Waals surface area contributed by atoms with E-state index < -0.39 is 16.0 Å². The van der Waals surface area contributed by atoms with Crippen LogP contribution in [0, 0.1) is 0 Å². The Bertz CT molecular complexity index is 549. The zero-order valence-corrected chi connectivity index (χ0v) is 12.1. The third-order valence-corrected chi connectivity index (χ3v) is 5.24. The summed E-state index contributed by atoms with van der Waals surface area (Å²) in [7, 11) is -2.43. The van der Waals surface area contributed by atoms with Crippen LogP contribution in [-0.2, 0) is 14.8 Å². The Morgan fingerprint density at radius 1 is 1.47 bits per heavy atom. The van der Waals surface area contributed by atoms with E-state index in [-0.39, 0.29) is 9.77 Å². The van der Waals surface area contributed by atoms with E-state index >= 15 is 0 Å². The monoisotopic (exact) mass is 304 g/mol. The Morgan fingerprint density at radius 3 is 2.84 bits per heavy atom. The van der Waals surface area contributed by atoms with Crippen molar-refractivity contribution in [1.82, 2.24) is 10.0 Å². The van der Waals surface area contributed by atoms with Crippen molar-refractivity contribution in [3.05, 3.63) is 16.3 Å². The molecule has 1 heterocycles. The number of ether oxygens (including phenoxy) is 1. The second-order valence-corrected chi connectivity index (χ2v) is 6.88. The van der Waals surface area contributed by atoms with E-state index in [1.54, 1.807) is 5.38 Å². The summed E-state index contributed by atoms with van der Waals surface area (Å²) >= 11 is 1.05. The number of carbonyl (C=O) groups excluding carboxylic acids is 1. The Morgan fingerprint density at radius 2 is 2.21 bits per heavy atom. The molecule has 0 aliphatic heterocycles. The quantitative estimate of drug-likeness (QED) is 0.568. The number of sulfonamides is 1. The number of methoxy groups -OCH3 is 1. The number of hydrogen-bond donors (Lipinski definition) is 2. The summed E-state index contributed by atoms with van der Waals surface area (Å²) in [5.74, 6) is -0.633. The highest BCUT2D eigenvalue weighted by Crippen LogP contribution is 2.22. The summed E-state index contributed by atoms with van der Waals surface area (Å²) in [5.41, 5.74) is 0. The third kappa shape index (κ3) is 3.75. The summed E-state index contributed by atoms with van der Waals surface area (Å²) in [6.07, 6.45) is 2.31. The van der Waals surface area contributed by atoms with Gasteiger partial charge in [0.1, 0.15) is 9.77 Å². The molecule has 19 heavy (non-hydrogen) atoms. The molecule has 0 aromatic carbocycles. The average molecular weight is 304 g/mol. The number of carbonyl (C=O) groups is 1. The van der Waals surface area contributed by atoms with Crippen LogP contribution in [-0.4, -0.2) is 40.6 Å². The number of hydrogen-bond acceptors (Lipinski definition) is 6. The van der Waals surface area contributed by atoms with Crippen LogP contribution in [0.1, 0.15) is 22.5 Å². The first kappa shape index (κ1) is 14.4. The molecule has 2 N–H and O–H groups in total. The molecule has 1 aromatic heterocycles. The van der Waals surface area contributed by atoms with E-state index in [2.05, 4.69) is 14.8 Å². The van der Waals surface area contributed by atoms with Crippen LogP contribution in [0.25, 0.3) is 0 Å². The Hall–Kier alpha value is -0.960. The topological polar surface area (TPSA) is 84.5 Å². The third-order valence-electron chi connectivity index (χ3n) is 2.72. The fourth-order valence-corrected chi connectivity index (χ4v) is 3.94. The van der Waals surface area contributed by atoms with Gasteiger partial charge in [0.2, 0.25) is 10.0 Å². The molecule has 0 radical (unpaired) electrons. The molecule has 1 fully saturated rings. The standard InChI is InChI=1S/C11H16N2O4S2/c1-17-11(14)10-9(4-7-18-10)19(15,16)13-6-5-12-8-2-3-8/h4,7-8,12-13H,2-3,5-6H2,1H3. The lowest BCUT2D eigenvalue weighted by atomic mass is 10.5. The molecule has 8 heteroatoms. The van der Waals surface area contributed by atoms with Crippen LogP contribution >= 0.6 is 11.3 Å². The SMILES string of the molecule is COC(=O)c1sccc1S(=O)(=O)NCCNC1CC1. The molecular weight excluding hydrogens is 288 g/mol. The lowest BCUT2D eigenvalue weighted by Gasteiger charge is -2.07. The van der Waals surface area contributed by atoms with Crippen molar-refractivity contribution in [2.75, 3.05) is 20.2 Å². The van der Waals surface area contributed by atoms with Gasteiger partial charge in [0.05, 0.1) is 7.11 Å². The summed E-state index contributed by atoms with van der Waals surface area (Å²) in [4.78, 5) is 11.5. The second-order valence-electron chi connectivity index (χ2n) is 4.23. The zero-order chi connectivity index (χ0) is 13.9. The molecular formula is C11H16N2O4S2. The van der Waals surface area contributed by atoms with E-state index in [0.717, 1.165) is 24.2 Å². The fraction of sp³-hybridized carbons (Fsp3) is 0.545. The highest BCUT2D eigenvalue weighted by molar-refractivity contribution is 7.89. The molecule has 1 saturated carbocycles. The van der Waals surface area contributed by atoms with Crippen LogP contribution < -0.4 is 10.0 Å². The van der Waals surface area contributed by atoms with E-state index in [4.69, 9.17) is 0 Å². The molecule has 0 spiro atoms. The van der Waals surface area contributed by atoms with Gasteiger partial charge in [-0.1, -0.05) is 0 Å². The lowest BCUT2D eigenvalue weighted by molar-refractivity contribution is 0.0602. The highest BCUT2D eigenvalue weighted by Gasteiger charge is 2.24. The summed E-state index contributed by atoms with van der Waals surface area (Å²) in [6.45, 7) is 0.886. The molecule has 1 aromatic rings. The first-order valence-electron chi connectivity index (χ1n) is 5.93. The van der Waals surface area contributed by atoms with Crippen LogP contribution in [0.2, 0.25) is 0 Å². The number of rotatable bonds is 7. The van der Waals surface area contributed by atoms with Gasteiger partial charge in [-0.3, -0.25) is 0 Å². The summed E-state index contributed by atoms with van der Waals surface area (Å²) in [5, 5.41) is 4.77. The Balaban J connectivity index is 1.97. The molecule has 6 nitrogen and oxygen atoms in total. The molecule has 1 aliphatic carbocycles. The van der Waals surface area contributed by atoms with Crippen LogP contribution in [0.4, 0.5) is 0 Å². The second kappa shape index (κ2) is 6.00. The predicted molar refractivity (Wildman–Crippen MR) is 71.9 cm³/mol. The van der Waals surface area contributed by atoms with Gasteiger partial charge < -0.3 is 10.1 Å². The van der Waals surface area contributed by atoms with Gasteiger partial charge in [0.15, 0.2) is 0 Å². The highest BCUT2D eigenvalue weighted by atomic mass is 32.2. The average Bonchev–Trinajstić information content (AvgIpc) is 3.07. The predicted octanol–water partition coefficient (Wildman–Crippen LogP) is 0.565. The largest absolute Gasteiger partial charge is 0.465 e. The van der Waals surface area contributed by atoms with Crippen molar-refractivity contribution in [3.8, 4) is 0 Å². The van der Waals surface area contributed by atoms with Crippen molar-refractivity contribution in [2.24, 2.45) is 0 Å². The van der Waals surface area contributed by atoms with Crippen LogP contribution in [0.5, 0.6) is 0 Å². The first-order chi connectivity index (χ1) is 9.04. The minimum absolute atomic E-state index is 0.0178. The van der Waals surface area contributed by atoms with Crippen LogP contribution in [0.3, 0.4) is 0 Å².